The highest BCUT2D eigenvalue weighted by Crippen LogP contribution is 2.52. The maximum atomic E-state index is 11.7. The summed E-state index contributed by atoms with van der Waals surface area (Å²) in [7, 11) is 1.83. The molecule has 2 N–H and O–H groups in total. The van der Waals surface area contributed by atoms with Gasteiger partial charge in [-0.05, 0) is 43.4 Å². The van der Waals surface area contributed by atoms with Gasteiger partial charge in [-0.2, -0.15) is 0 Å². The highest BCUT2D eigenvalue weighted by atomic mass is 16.5. The molecule has 1 aliphatic carbocycles. The largest absolute Gasteiger partial charge is 0.380 e. The van der Waals surface area contributed by atoms with Crippen LogP contribution in [0.15, 0.2) is 24.3 Å². The van der Waals surface area contributed by atoms with Gasteiger partial charge in [0.2, 0.25) is 5.91 Å². The van der Waals surface area contributed by atoms with E-state index >= 15 is 0 Å². The van der Waals surface area contributed by atoms with E-state index in [2.05, 4.69) is 11.0 Å². The van der Waals surface area contributed by atoms with Crippen LogP contribution < -0.4 is 5.73 Å². The number of nitrogens with two attached hydrogens (primary N) is 1. The van der Waals surface area contributed by atoms with E-state index in [1.54, 1.807) is 6.07 Å². The third kappa shape index (κ3) is 2.96. The Morgan fingerprint density at radius 2 is 2.00 bits per heavy atom. The van der Waals surface area contributed by atoms with Gasteiger partial charge in [0, 0.05) is 50.2 Å². The van der Waals surface area contributed by atoms with Gasteiger partial charge >= 0.3 is 0 Å². The number of hydrogen-bond acceptors (Lipinski definition) is 4. The lowest BCUT2D eigenvalue weighted by Gasteiger charge is -2.57. The Morgan fingerprint density at radius 3 is 2.62 bits per heavy atom. The minimum Gasteiger partial charge on any atom is -0.380 e. The second kappa shape index (κ2) is 7.29. The van der Waals surface area contributed by atoms with Crippen LogP contribution >= 0.6 is 0 Å². The maximum absolute atomic E-state index is 11.7. The molecule has 0 radical (unpaired) electrons. The van der Waals surface area contributed by atoms with Crippen molar-refractivity contribution in [1.82, 2.24) is 4.90 Å². The molecule has 1 saturated carbocycles. The summed E-state index contributed by atoms with van der Waals surface area (Å²) < 4.78 is 12.0. The van der Waals surface area contributed by atoms with Crippen molar-refractivity contribution in [2.45, 2.75) is 43.7 Å². The van der Waals surface area contributed by atoms with Gasteiger partial charge in [-0.3, -0.25) is 9.69 Å². The molecule has 3 aliphatic rings. The normalized spacial score (nSPS) is 35.2. The summed E-state index contributed by atoms with van der Waals surface area (Å²) in [5, 5.41) is 0. The Kier molecular flexibility index (Phi) is 5.04. The van der Waals surface area contributed by atoms with Gasteiger partial charge in [-0.25, -0.2) is 0 Å². The number of ether oxygens (including phenoxy) is 2. The zero-order chi connectivity index (χ0) is 18.1. The summed E-state index contributed by atoms with van der Waals surface area (Å²) in [6.07, 6.45) is 5.97. The molecule has 5 heteroatoms. The van der Waals surface area contributed by atoms with Crippen molar-refractivity contribution in [2.24, 2.45) is 17.6 Å². The quantitative estimate of drug-likeness (QED) is 0.898. The Balaban J connectivity index is 1.66. The molecule has 0 unspecified atom stereocenters. The van der Waals surface area contributed by atoms with Crippen molar-refractivity contribution in [3.05, 3.63) is 35.4 Å². The van der Waals surface area contributed by atoms with E-state index in [1.807, 2.05) is 19.2 Å². The average molecular weight is 358 g/mol. The molecule has 1 aromatic carbocycles. The zero-order valence-electron chi connectivity index (χ0n) is 15.7. The van der Waals surface area contributed by atoms with Crippen LogP contribution in [0.2, 0.25) is 0 Å². The van der Waals surface area contributed by atoms with E-state index in [0.717, 1.165) is 51.1 Å². The van der Waals surface area contributed by atoms with Crippen LogP contribution in [0.3, 0.4) is 0 Å². The number of carbonyl (C=O) groups excluding carboxylic acids is 1. The van der Waals surface area contributed by atoms with Crippen LogP contribution in [0.5, 0.6) is 0 Å². The van der Waals surface area contributed by atoms with Gasteiger partial charge in [-0.15, -0.1) is 0 Å². The fourth-order valence-corrected chi connectivity index (χ4v) is 5.62. The van der Waals surface area contributed by atoms with Crippen LogP contribution in [-0.4, -0.2) is 50.3 Å². The van der Waals surface area contributed by atoms with Crippen molar-refractivity contribution in [3.63, 3.8) is 0 Å². The molecule has 4 rings (SSSR count). The van der Waals surface area contributed by atoms with Crippen LogP contribution in [-0.2, 0) is 15.1 Å². The first kappa shape index (κ1) is 18.0. The highest BCUT2D eigenvalue weighted by molar-refractivity contribution is 5.92. The second-order valence-corrected chi connectivity index (χ2v) is 8.09. The molecule has 3 fully saturated rings. The third-order valence-corrected chi connectivity index (χ3v) is 6.82. The summed E-state index contributed by atoms with van der Waals surface area (Å²) in [5.41, 5.74) is 6.91. The van der Waals surface area contributed by atoms with E-state index < -0.39 is 0 Å². The Labute approximate surface area is 155 Å². The van der Waals surface area contributed by atoms with Gasteiger partial charge < -0.3 is 15.2 Å². The van der Waals surface area contributed by atoms with Crippen molar-refractivity contribution < 1.29 is 14.3 Å². The van der Waals surface area contributed by atoms with Crippen molar-refractivity contribution >= 4 is 5.91 Å². The zero-order valence-corrected chi connectivity index (χ0v) is 15.7. The number of fused-ring (bicyclic) bond motifs is 2. The number of hydrogen-bond donors (Lipinski definition) is 1. The molecule has 1 amide bonds. The number of rotatable bonds is 4. The lowest BCUT2D eigenvalue weighted by atomic mass is 9.62. The molecule has 142 valence electrons. The molecular formula is C21H30N2O3. The SMILES string of the molecule is CO[C@@]1(c2cccc(C(N)=O)c2)[C@@H]2CCC[C@H]1CN([C@H]1CCCOC1)C2. The fourth-order valence-electron chi connectivity index (χ4n) is 5.62. The van der Waals surface area contributed by atoms with Gasteiger partial charge in [-0.1, -0.05) is 18.6 Å². The van der Waals surface area contributed by atoms with Gasteiger partial charge in [0.05, 0.1) is 6.61 Å². The second-order valence-electron chi connectivity index (χ2n) is 8.09. The minimum absolute atomic E-state index is 0.310. The number of carbonyl (C=O) groups is 1. The molecule has 0 aromatic heterocycles. The summed E-state index contributed by atoms with van der Waals surface area (Å²) in [4.78, 5) is 14.3. The fraction of sp³-hybridized carbons (Fsp3) is 0.667. The summed E-state index contributed by atoms with van der Waals surface area (Å²) >= 11 is 0. The number of likely N-dealkylation sites (tertiary alicyclic amines) is 1. The Morgan fingerprint density at radius 1 is 1.23 bits per heavy atom. The van der Waals surface area contributed by atoms with Crippen LogP contribution in [0.1, 0.15) is 48.0 Å². The van der Waals surface area contributed by atoms with E-state index in [-0.39, 0.29) is 11.5 Å². The van der Waals surface area contributed by atoms with Crippen LogP contribution in [0.25, 0.3) is 0 Å². The molecular weight excluding hydrogens is 328 g/mol. The molecule has 0 spiro atoms. The average Bonchev–Trinajstić information content (AvgIpc) is 2.67. The van der Waals surface area contributed by atoms with Crippen LogP contribution in [0.4, 0.5) is 0 Å². The number of benzene rings is 1. The molecule has 1 aromatic rings. The molecule has 4 atom stereocenters. The van der Waals surface area contributed by atoms with Gasteiger partial charge in [0.1, 0.15) is 5.60 Å². The summed E-state index contributed by atoms with van der Waals surface area (Å²) in [6, 6.07) is 8.34. The smallest absolute Gasteiger partial charge is 0.248 e. The summed E-state index contributed by atoms with van der Waals surface area (Å²) in [6.45, 7) is 3.84. The topological polar surface area (TPSA) is 64.8 Å². The Hall–Kier alpha value is -1.43. The van der Waals surface area contributed by atoms with Gasteiger partial charge in [0.15, 0.2) is 0 Å². The summed E-state index contributed by atoms with van der Waals surface area (Å²) in [5.74, 6) is 0.496. The lowest BCUT2D eigenvalue weighted by molar-refractivity contribution is -0.179. The van der Waals surface area contributed by atoms with E-state index in [0.29, 0.717) is 23.4 Å². The molecule has 2 saturated heterocycles. The lowest BCUT2D eigenvalue weighted by Crippen LogP contribution is -2.61. The third-order valence-electron chi connectivity index (χ3n) is 6.82. The molecule has 2 heterocycles. The molecule has 26 heavy (non-hydrogen) atoms. The maximum Gasteiger partial charge on any atom is 0.248 e. The van der Waals surface area contributed by atoms with E-state index in [9.17, 15) is 4.79 Å². The van der Waals surface area contributed by atoms with E-state index in [1.165, 1.54) is 12.8 Å². The number of primary amides is 1. The minimum atomic E-state index is -0.375. The van der Waals surface area contributed by atoms with Crippen LogP contribution in [0, 0.1) is 11.8 Å². The van der Waals surface area contributed by atoms with Crippen molar-refractivity contribution in [1.29, 1.82) is 0 Å². The first-order valence-electron chi connectivity index (χ1n) is 9.92. The van der Waals surface area contributed by atoms with Crippen molar-refractivity contribution in [3.8, 4) is 0 Å². The first-order chi connectivity index (χ1) is 12.6. The Bertz CT molecular complexity index is 642. The molecule has 5 nitrogen and oxygen atoms in total. The first-order valence-corrected chi connectivity index (χ1v) is 9.92. The van der Waals surface area contributed by atoms with Gasteiger partial charge in [0.25, 0.3) is 0 Å². The van der Waals surface area contributed by atoms with E-state index in [4.69, 9.17) is 15.2 Å². The predicted octanol–water partition coefficient (Wildman–Crippen LogP) is 2.54. The number of amides is 1. The molecule has 2 bridgehead atoms. The number of nitrogens with zero attached hydrogens (tertiary/aromatic N) is 1. The van der Waals surface area contributed by atoms with Crippen molar-refractivity contribution in [2.75, 3.05) is 33.4 Å². The highest BCUT2D eigenvalue weighted by Gasteiger charge is 2.54. The number of piperidine rings is 1. The monoisotopic (exact) mass is 358 g/mol. The number of methoxy groups -OCH3 is 1. The predicted molar refractivity (Wildman–Crippen MR) is 99.9 cm³/mol. The molecule has 2 aliphatic heterocycles. The standard InChI is InChI=1S/C21H30N2O3/c1-25-21(16-6-2-5-15(11-16)20(22)24)17-7-3-8-18(21)13-23(12-17)19-9-4-10-26-14-19/h2,5-6,11,17-19H,3-4,7-10,12-14H2,1H3,(H2,22,24)/t17-,18+,19-,21+/m0/s1.